The van der Waals surface area contributed by atoms with Crippen LogP contribution in [0.15, 0.2) is 53.8 Å². The zero-order valence-electron chi connectivity index (χ0n) is 37.2. The number of aromatic nitrogens is 1. The number of alkyl halides is 2. The van der Waals surface area contributed by atoms with E-state index in [4.69, 9.17) is 23.7 Å². The highest BCUT2D eigenvalue weighted by Gasteiger charge is 2.81. The summed E-state index contributed by atoms with van der Waals surface area (Å²) in [6.45, 7) is 6.17. The maximum absolute atomic E-state index is 15.5. The van der Waals surface area contributed by atoms with Crippen molar-refractivity contribution in [2.45, 2.75) is 94.2 Å². The van der Waals surface area contributed by atoms with E-state index in [9.17, 15) is 19.5 Å². The average molecular weight is 877 g/mol. The SMILES string of the molecule is CC[C@]12C=CCN3CC[C@@]4(C5=CC([C@@]6(C(=O)OC)C[C@H]7CC(C(C)(F)F)CN(Cc8c6[nH]c6ccc(C(=O)OC)cc86)C7)C(OC)C=C5N(C)[C@H]4[C@@](O)(C(=O)OC)[C@@H]1OC(C)=O)[C@@H]32. The van der Waals surface area contributed by atoms with Gasteiger partial charge >= 0.3 is 23.9 Å². The number of likely N-dealkylation sites (tertiary alicyclic amines) is 1. The molecule has 5 aliphatic heterocycles. The second-order valence-corrected chi connectivity index (χ2v) is 19.1. The lowest BCUT2D eigenvalue weighted by molar-refractivity contribution is -0.243. The van der Waals surface area contributed by atoms with Gasteiger partial charge in [-0.15, -0.1) is 0 Å². The van der Waals surface area contributed by atoms with Crippen LogP contribution < -0.4 is 0 Å². The summed E-state index contributed by atoms with van der Waals surface area (Å²) >= 11 is 0. The van der Waals surface area contributed by atoms with Crippen LogP contribution in [0, 0.1) is 28.6 Å². The molecule has 2 aromatic rings. The van der Waals surface area contributed by atoms with E-state index in [2.05, 4.69) is 16.0 Å². The highest BCUT2D eigenvalue weighted by molar-refractivity contribution is 5.97. The van der Waals surface area contributed by atoms with E-state index in [1.807, 2.05) is 42.0 Å². The van der Waals surface area contributed by atoms with Crippen LogP contribution in [0.1, 0.15) is 68.1 Å². The summed E-state index contributed by atoms with van der Waals surface area (Å²) in [5.41, 5.74) is -2.34. The number of aliphatic hydroxyl groups is 1. The Morgan fingerprint density at radius 1 is 1.02 bits per heavy atom. The third-order valence-electron chi connectivity index (χ3n) is 16.2. The largest absolute Gasteiger partial charge is 0.468 e. The van der Waals surface area contributed by atoms with Crippen molar-refractivity contribution >= 4 is 34.8 Å². The Balaban J connectivity index is 1.33. The van der Waals surface area contributed by atoms with Crippen molar-refractivity contribution in [2.75, 3.05) is 61.7 Å². The molecular formula is C47H58F2N4O10. The minimum atomic E-state index is -3.00. The number of nitrogens with one attached hydrogen (secondary N) is 1. The Labute approximate surface area is 365 Å². The number of carbonyl (C=O) groups excluding carboxylic acids is 4. The van der Waals surface area contributed by atoms with Gasteiger partial charge in [-0.1, -0.05) is 25.2 Å². The molecule has 4 unspecified atom stereocenters. The zero-order valence-corrected chi connectivity index (χ0v) is 37.2. The molecule has 14 nitrogen and oxygen atoms in total. The summed E-state index contributed by atoms with van der Waals surface area (Å²) < 4.78 is 59.9. The lowest BCUT2D eigenvalue weighted by Crippen LogP contribution is -2.79. The Bertz CT molecular complexity index is 2360. The van der Waals surface area contributed by atoms with E-state index in [0.29, 0.717) is 65.9 Å². The fraction of sp³-hybridized carbons (Fsp3) is 0.617. The molecule has 2 bridgehead atoms. The molecule has 12 atom stereocenters. The van der Waals surface area contributed by atoms with Gasteiger partial charge in [-0.2, -0.15) is 0 Å². The van der Waals surface area contributed by atoms with E-state index in [1.54, 1.807) is 25.3 Å². The number of hydrogen-bond donors (Lipinski definition) is 2. The van der Waals surface area contributed by atoms with Crippen molar-refractivity contribution < 1.29 is 56.7 Å². The fourth-order valence-corrected chi connectivity index (χ4v) is 14.0. The Hall–Kier alpha value is -4.64. The summed E-state index contributed by atoms with van der Waals surface area (Å²) in [6, 6.07) is 3.75. The molecule has 1 aromatic carbocycles. The van der Waals surface area contributed by atoms with E-state index in [0.717, 1.165) is 12.5 Å². The number of ether oxygens (including phenoxy) is 5. The van der Waals surface area contributed by atoms with Gasteiger partial charge in [0.25, 0.3) is 0 Å². The van der Waals surface area contributed by atoms with Gasteiger partial charge in [0.05, 0.1) is 39.0 Å². The number of halogens is 2. The quantitative estimate of drug-likeness (QED) is 0.217. The number of methoxy groups -OCH3 is 4. The number of allylic oxidation sites excluding steroid dienone is 1. The number of H-pyrrole nitrogens is 1. The molecule has 6 heterocycles. The molecule has 1 saturated carbocycles. The van der Waals surface area contributed by atoms with Crippen LogP contribution in [0.2, 0.25) is 0 Å². The number of fused-ring (bicyclic) bond motifs is 6. The second kappa shape index (κ2) is 15.0. The number of benzene rings is 1. The van der Waals surface area contributed by atoms with Crippen LogP contribution in [-0.4, -0.2) is 146 Å². The first-order valence-electron chi connectivity index (χ1n) is 21.9. The Kier molecular flexibility index (Phi) is 10.4. The number of nitrogens with zero attached hydrogens (tertiary/aromatic N) is 3. The monoisotopic (exact) mass is 876 g/mol. The van der Waals surface area contributed by atoms with Gasteiger partial charge < -0.3 is 38.7 Å². The number of aromatic amines is 1. The van der Waals surface area contributed by atoms with E-state index in [1.165, 1.54) is 28.3 Å². The number of likely N-dealkylation sites (N-methyl/N-ethyl adjacent to an activating group) is 1. The van der Waals surface area contributed by atoms with Crippen LogP contribution in [-0.2, 0) is 50.0 Å². The smallest absolute Gasteiger partial charge is 0.344 e. The van der Waals surface area contributed by atoms with Crippen molar-refractivity contribution in [1.82, 2.24) is 19.7 Å². The lowest BCUT2D eigenvalue weighted by atomic mass is 9.47. The van der Waals surface area contributed by atoms with Crippen molar-refractivity contribution in [3.8, 4) is 0 Å². The molecule has 63 heavy (non-hydrogen) atoms. The van der Waals surface area contributed by atoms with Crippen LogP contribution in [0.25, 0.3) is 10.9 Å². The first-order valence-corrected chi connectivity index (χ1v) is 21.9. The number of carbonyl (C=O) groups is 4. The highest BCUT2D eigenvalue weighted by atomic mass is 19.3. The standard InChI is InChI=1S/C47H58F2N4O10/c1-9-44-13-10-15-53-16-14-45(38(44)53)31-19-32(35(59-5)20-34(31)51(4)39(45)47(58,42(57)62-8)40(44)63-25(2)54)46(41(56)61-7)21-26-17-28(43(3,48)49)23-52(22-26)24-30-29-18-27(37(55)60-6)11-12-33(29)50-36(30)46/h10-13,18-20,26,28,32,35,38-40,50,58H,9,14-17,21-24H2,1-8H3/t26-,28?,32?,35?,38+,39-,40-,44-,45-,46+,47+/m1/s1. The molecule has 0 radical (unpaired) electrons. The minimum absolute atomic E-state index is 0.119. The predicted octanol–water partition coefficient (Wildman–Crippen LogP) is 4.51. The third-order valence-corrected chi connectivity index (χ3v) is 16.2. The predicted molar refractivity (Wildman–Crippen MR) is 224 cm³/mol. The molecular weight excluding hydrogens is 819 g/mol. The topological polar surface area (TPSA) is 160 Å². The van der Waals surface area contributed by atoms with Crippen LogP contribution in [0.4, 0.5) is 8.78 Å². The summed E-state index contributed by atoms with van der Waals surface area (Å²) in [5.74, 6) is -7.89. The van der Waals surface area contributed by atoms with Gasteiger partial charge in [0.15, 0.2) is 6.10 Å². The van der Waals surface area contributed by atoms with Crippen molar-refractivity contribution in [1.29, 1.82) is 0 Å². The third kappa shape index (κ3) is 5.85. The Morgan fingerprint density at radius 3 is 2.41 bits per heavy atom. The fourth-order valence-electron chi connectivity index (χ4n) is 14.0. The maximum atomic E-state index is 15.5. The second-order valence-electron chi connectivity index (χ2n) is 19.1. The van der Waals surface area contributed by atoms with Crippen molar-refractivity contribution in [3.05, 3.63) is 70.6 Å². The van der Waals surface area contributed by atoms with E-state index < -0.39 is 81.7 Å². The molecule has 0 amide bonds. The minimum Gasteiger partial charge on any atom is -0.468 e. The van der Waals surface area contributed by atoms with Gasteiger partial charge in [0, 0.05) is 98.3 Å². The van der Waals surface area contributed by atoms with E-state index >= 15 is 13.6 Å². The molecule has 340 valence electrons. The molecule has 4 fully saturated rings. The van der Waals surface area contributed by atoms with Crippen LogP contribution in [0.5, 0.6) is 0 Å². The van der Waals surface area contributed by atoms with Crippen molar-refractivity contribution in [2.24, 2.45) is 28.6 Å². The number of piperidine rings is 1. The molecule has 1 spiro atoms. The average Bonchev–Trinajstić information content (AvgIpc) is 3.91. The normalized spacial score (nSPS) is 37.9. The highest BCUT2D eigenvalue weighted by Crippen LogP contribution is 2.70. The maximum Gasteiger partial charge on any atom is 0.344 e. The molecule has 2 N–H and O–H groups in total. The number of rotatable bonds is 8. The summed E-state index contributed by atoms with van der Waals surface area (Å²) in [5, 5.41) is 14.0. The van der Waals surface area contributed by atoms with Gasteiger partial charge in [-0.3, -0.25) is 19.4 Å². The molecule has 3 saturated heterocycles. The lowest BCUT2D eigenvalue weighted by Gasteiger charge is -2.63. The van der Waals surface area contributed by atoms with Crippen LogP contribution >= 0.6 is 0 Å². The van der Waals surface area contributed by atoms with Crippen molar-refractivity contribution in [3.63, 3.8) is 0 Å². The Morgan fingerprint density at radius 2 is 1.76 bits per heavy atom. The molecule has 9 rings (SSSR count). The number of esters is 4. The molecule has 1 aromatic heterocycles. The van der Waals surface area contributed by atoms with Gasteiger partial charge in [0.2, 0.25) is 11.5 Å². The van der Waals surface area contributed by atoms with Gasteiger partial charge in [-0.25, -0.2) is 18.4 Å². The summed E-state index contributed by atoms with van der Waals surface area (Å²) in [4.78, 5) is 65.6. The van der Waals surface area contributed by atoms with Gasteiger partial charge in [0.1, 0.15) is 5.41 Å². The number of hydrogen-bond acceptors (Lipinski definition) is 13. The first kappa shape index (κ1) is 43.6. The summed E-state index contributed by atoms with van der Waals surface area (Å²) in [7, 11) is 7.21. The molecule has 2 aliphatic carbocycles. The molecule has 16 heteroatoms. The summed E-state index contributed by atoms with van der Waals surface area (Å²) in [6.07, 6.45) is 7.07. The first-order chi connectivity index (χ1) is 29.9. The van der Waals surface area contributed by atoms with Crippen LogP contribution in [0.3, 0.4) is 0 Å². The zero-order chi connectivity index (χ0) is 45.2. The van der Waals surface area contributed by atoms with E-state index in [-0.39, 0.29) is 37.9 Å². The van der Waals surface area contributed by atoms with Gasteiger partial charge in [-0.05, 0) is 80.5 Å². The molecule has 7 aliphatic rings.